The lowest BCUT2D eigenvalue weighted by Crippen LogP contribution is -1.76. The van der Waals surface area contributed by atoms with Gasteiger partial charge in [-0.25, -0.2) is 9.97 Å². The van der Waals surface area contributed by atoms with Crippen LogP contribution >= 0.6 is 0 Å². The second-order valence-corrected chi connectivity index (χ2v) is 6.37. The topological polar surface area (TPSA) is 52.1 Å². The van der Waals surface area contributed by atoms with Crippen LogP contribution in [0.1, 0.15) is 22.9 Å². The summed E-state index contributed by atoms with van der Waals surface area (Å²) in [6, 6.07) is 23.7. The van der Waals surface area contributed by atoms with E-state index < -0.39 is 0 Å². The Morgan fingerprint density at radius 1 is 0.500 bits per heavy atom. The number of oxazole rings is 2. The van der Waals surface area contributed by atoms with E-state index in [2.05, 4.69) is 9.97 Å². The van der Waals surface area contributed by atoms with Crippen molar-refractivity contribution < 1.29 is 8.83 Å². The largest absolute Gasteiger partial charge is 0.437 e. The average molecular weight is 364 g/mol. The van der Waals surface area contributed by atoms with Crippen molar-refractivity contribution >= 4 is 46.5 Å². The highest BCUT2D eigenvalue weighted by molar-refractivity contribution is 5.77. The SMILES string of the molecule is C(=C\c1nc2ccccc2o1)/c1ccc(/C=C/c2nc3ccccc3o2)cc1. The van der Waals surface area contributed by atoms with E-state index in [0.29, 0.717) is 11.8 Å². The summed E-state index contributed by atoms with van der Waals surface area (Å²) in [5.41, 5.74) is 5.45. The van der Waals surface area contributed by atoms with Gasteiger partial charge in [0.25, 0.3) is 0 Å². The number of hydrogen-bond acceptors (Lipinski definition) is 4. The van der Waals surface area contributed by atoms with Crippen molar-refractivity contribution in [3.63, 3.8) is 0 Å². The second-order valence-electron chi connectivity index (χ2n) is 6.37. The van der Waals surface area contributed by atoms with E-state index >= 15 is 0 Å². The van der Waals surface area contributed by atoms with Crippen LogP contribution in [0.5, 0.6) is 0 Å². The molecular weight excluding hydrogens is 348 g/mol. The molecule has 0 atom stereocenters. The van der Waals surface area contributed by atoms with Gasteiger partial charge in [0.15, 0.2) is 11.2 Å². The Morgan fingerprint density at radius 3 is 1.36 bits per heavy atom. The van der Waals surface area contributed by atoms with Crippen molar-refractivity contribution in [1.82, 2.24) is 9.97 Å². The zero-order valence-electron chi connectivity index (χ0n) is 14.9. The minimum absolute atomic E-state index is 0.598. The van der Waals surface area contributed by atoms with Gasteiger partial charge in [-0.05, 0) is 47.5 Å². The molecule has 0 radical (unpaired) electrons. The van der Waals surface area contributed by atoms with Crippen LogP contribution in [0.4, 0.5) is 0 Å². The maximum Gasteiger partial charge on any atom is 0.220 e. The average Bonchev–Trinajstić information content (AvgIpc) is 3.34. The Kier molecular flexibility index (Phi) is 4.07. The Morgan fingerprint density at radius 2 is 0.929 bits per heavy atom. The summed E-state index contributed by atoms with van der Waals surface area (Å²) in [4.78, 5) is 8.89. The zero-order valence-corrected chi connectivity index (χ0v) is 14.9. The van der Waals surface area contributed by atoms with Crippen molar-refractivity contribution in [3.8, 4) is 0 Å². The molecule has 0 amide bonds. The lowest BCUT2D eigenvalue weighted by Gasteiger charge is -1.95. The van der Waals surface area contributed by atoms with Crippen molar-refractivity contribution in [2.24, 2.45) is 0 Å². The van der Waals surface area contributed by atoms with Gasteiger partial charge in [0, 0.05) is 12.2 Å². The summed E-state index contributed by atoms with van der Waals surface area (Å²) in [6.07, 6.45) is 7.73. The van der Waals surface area contributed by atoms with Crippen molar-refractivity contribution in [2.45, 2.75) is 0 Å². The first kappa shape index (κ1) is 16.3. The molecule has 0 spiro atoms. The van der Waals surface area contributed by atoms with Gasteiger partial charge in [-0.15, -0.1) is 0 Å². The molecule has 0 unspecified atom stereocenters. The van der Waals surface area contributed by atoms with Gasteiger partial charge in [0.2, 0.25) is 11.8 Å². The Labute approximate surface area is 161 Å². The summed E-state index contributed by atoms with van der Waals surface area (Å²) >= 11 is 0. The minimum Gasteiger partial charge on any atom is -0.437 e. The summed E-state index contributed by atoms with van der Waals surface area (Å²) in [5.74, 6) is 1.20. The zero-order chi connectivity index (χ0) is 18.8. The Bertz CT molecular complexity index is 1140. The van der Waals surface area contributed by atoms with Crippen LogP contribution in [0.2, 0.25) is 0 Å². The van der Waals surface area contributed by atoms with Crippen LogP contribution in [0.25, 0.3) is 46.5 Å². The molecule has 0 saturated heterocycles. The fourth-order valence-corrected chi connectivity index (χ4v) is 2.98. The van der Waals surface area contributed by atoms with Gasteiger partial charge in [-0.2, -0.15) is 0 Å². The summed E-state index contributed by atoms with van der Waals surface area (Å²) in [6.45, 7) is 0. The minimum atomic E-state index is 0.598. The molecular formula is C24H16N2O2. The summed E-state index contributed by atoms with van der Waals surface area (Å²) in [7, 11) is 0. The predicted molar refractivity (Wildman–Crippen MR) is 112 cm³/mol. The molecule has 2 heterocycles. The van der Waals surface area contributed by atoms with Crippen LogP contribution < -0.4 is 0 Å². The van der Waals surface area contributed by atoms with Gasteiger partial charge in [-0.3, -0.25) is 0 Å². The quantitative estimate of drug-likeness (QED) is 0.375. The van der Waals surface area contributed by atoms with Gasteiger partial charge in [0.1, 0.15) is 11.0 Å². The normalized spacial score (nSPS) is 12.0. The van der Waals surface area contributed by atoms with Crippen LogP contribution in [0, 0.1) is 0 Å². The summed E-state index contributed by atoms with van der Waals surface area (Å²) < 4.78 is 11.4. The van der Waals surface area contributed by atoms with E-state index in [1.807, 2.05) is 97.1 Å². The second kappa shape index (κ2) is 7.00. The lowest BCUT2D eigenvalue weighted by atomic mass is 10.1. The van der Waals surface area contributed by atoms with Crippen LogP contribution in [0.3, 0.4) is 0 Å². The summed E-state index contributed by atoms with van der Waals surface area (Å²) in [5, 5.41) is 0. The smallest absolute Gasteiger partial charge is 0.220 e. The maximum atomic E-state index is 5.70. The molecule has 28 heavy (non-hydrogen) atoms. The molecule has 5 rings (SSSR count). The third-order valence-electron chi connectivity index (χ3n) is 4.39. The predicted octanol–water partition coefficient (Wildman–Crippen LogP) is 6.31. The Hall–Kier alpha value is -3.92. The molecule has 3 aromatic carbocycles. The Balaban J connectivity index is 1.30. The number of para-hydroxylation sites is 4. The number of aromatic nitrogens is 2. The molecule has 0 aliphatic heterocycles. The molecule has 4 nitrogen and oxygen atoms in total. The first-order valence-electron chi connectivity index (χ1n) is 9.01. The molecule has 0 aliphatic carbocycles. The molecule has 134 valence electrons. The third kappa shape index (κ3) is 3.35. The van der Waals surface area contributed by atoms with Crippen molar-refractivity contribution in [2.75, 3.05) is 0 Å². The van der Waals surface area contributed by atoms with Crippen LogP contribution in [-0.2, 0) is 0 Å². The number of nitrogens with zero attached hydrogens (tertiary/aromatic N) is 2. The fraction of sp³-hybridized carbons (Fsp3) is 0. The highest BCUT2D eigenvalue weighted by atomic mass is 16.4. The van der Waals surface area contributed by atoms with Crippen molar-refractivity contribution in [3.05, 3.63) is 95.7 Å². The number of fused-ring (bicyclic) bond motifs is 2. The molecule has 0 saturated carbocycles. The van der Waals surface area contributed by atoms with Gasteiger partial charge < -0.3 is 8.83 Å². The highest BCUT2D eigenvalue weighted by Crippen LogP contribution is 2.18. The van der Waals surface area contributed by atoms with E-state index in [9.17, 15) is 0 Å². The number of benzene rings is 3. The van der Waals surface area contributed by atoms with E-state index in [4.69, 9.17) is 8.83 Å². The molecule has 0 N–H and O–H groups in total. The number of hydrogen-bond donors (Lipinski definition) is 0. The van der Waals surface area contributed by atoms with Gasteiger partial charge >= 0.3 is 0 Å². The van der Waals surface area contributed by atoms with Gasteiger partial charge in [0.05, 0.1) is 0 Å². The van der Waals surface area contributed by atoms with E-state index in [-0.39, 0.29) is 0 Å². The molecule has 0 bridgehead atoms. The van der Waals surface area contributed by atoms with Gasteiger partial charge in [-0.1, -0.05) is 48.5 Å². The molecule has 4 heteroatoms. The maximum absolute atomic E-state index is 5.70. The molecule has 5 aromatic rings. The van der Waals surface area contributed by atoms with Crippen molar-refractivity contribution in [1.29, 1.82) is 0 Å². The van der Waals surface area contributed by atoms with E-state index in [0.717, 1.165) is 33.3 Å². The first-order chi connectivity index (χ1) is 13.8. The highest BCUT2D eigenvalue weighted by Gasteiger charge is 2.02. The molecule has 0 aliphatic rings. The lowest BCUT2D eigenvalue weighted by molar-refractivity contribution is 0.589. The fourth-order valence-electron chi connectivity index (χ4n) is 2.98. The monoisotopic (exact) mass is 364 g/mol. The van der Waals surface area contributed by atoms with Crippen LogP contribution in [-0.4, -0.2) is 9.97 Å². The van der Waals surface area contributed by atoms with E-state index in [1.165, 1.54) is 0 Å². The number of rotatable bonds is 4. The third-order valence-corrected chi connectivity index (χ3v) is 4.39. The van der Waals surface area contributed by atoms with Crippen LogP contribution in [0.15, 0.2) is 81.6 Å². The molecule has 0 fully saturated rings. The van der Waals surface area contributed by atoms with E-state index in [1.54, 1.807) is 0 Å². The standard InChI is InChI=1S/C24H16N2O2/c1-3-7-21-19(5-1)25-23(27-21)15-13-17-9-11-18(12-10-17)14-16-24-26-20-6-2-4-8-22(20)28-24/h1-16H/b15-13+,16-14+. The first-order valence-corrected chi connectivity index (χ1v) is 9.01. The molecule has 2 aromatic heterocycles.